The molecular formula is C18H21N3O3S. The Morgan fingerprint density at radius 2 is 1.80 bits per heavy atom. The molecule has 7 heteroatoms. The van der Waals surface area contributed by atoms with E-state index in [0.29, 0.717) is 25.3 Å². The van der Waals surface area contributed by atoms with Crippen molar-refractivity contribution in [2.45, 2.75) is 18.6 Å². The van der Waals surface area contributed by atoms with Gasteiger partial charge in [-0.15, -0.1) is 0 Å². The summed E-state index contributed by atoms with van der Waals surface area (Å²) in [6.07, 6.45) is 1.71. The zero-order valence-corrected chi connectivity index (χ0v) is 14.7. The van der Waals surface area contributed by atoms with E-state index in [1.807, 2.05) is 18.2 Å². The Balaban J connectivity index is 1.59. The third kappa shape index (κ3) is 3.21. The van der Waals surface area contributed by atoms with Crippen LogP contribution < -0.4 is 0 Å². The molecule has 6 nitrogen and oxygen atoms in total. The van der Waals surface area contributed by atoms with Crippen LogP contribution in [0.1, 0.15) is 16.1 Å². The lowest BCUT2D eigenvalue weighted by Crippen LogP contribution is -2.60. The number of amides is 1. The van der Waals surface area contributed by atoms with E-state index in [0.717, 1.165) is 5.56 Å². The molecule has 0 aliphatic carbocycles. The predicted molar refractivity (Wildman–Crippen MR) is 94.9 cm³/mol. The van der Waals surface area contributed by atoms with Crippen molar-refractivity contribution in [3.05, 3.63) is 59.9 Å². The summed E-state index contributed by atoms with van der Waals surface area (Å²) in [5.41, 5.74) is 1.68. The van der Waals surface area contributed by atoms with Crippen LogP contribution in [0.4, 0.5) is 0 Å². The maximum atomic E-state index is 12.8. The highest BCUT2D eigenvalue weighted by Crippen LogP contribution is 2.29. The summed E-state index contributed by atoms with van der Waals surface area (Å²) in [7, 11) is -3.14. The van der Waals surface area contributed by atoms with Crippen LogP contribution in [-0.4, -0.2) is 65.8 Å². The zero-order chi connectivity index (χ0) is 17.4. The van der Waals surface area contributed by atoms with E-state index in [4.69, 9.17) is 0 Å². The number of hydrogen-bond acceptors (Lipinski definition) is 4. The number of rotatable bonds is 3. The van der Waals surface area contributed by atoms with Crippen LogP contribution in [0.15, 0.2) is 48.7 Å². The molecule has 2 aliphatic heterocycles. The Labute approximate surface area is 147 Å². The first-order valence-electron chi connectivity index (χ1n) is 8.46. The Kier molecular flexibility index (Phi) is 4.13. The highest BCUT2D eigenvalue weighted by atomic mass is 32.2. The fraction of sp³-hybridized carbons (Fsp3) is 0.389. The molecule has 0 bridgehead atoms. The number of aromatic nitrogens is 1. The maximum Gasteiger partial charge on any atom is 0.270 e. The molecule has 25 heavy (non-hydrogen) atoms. The van der Waals surface area contributed by atoms with E-state index in [1.165, 1.54) is 0 Å². The van der Waals surface area contributed by atoms with Crippen LogP contribution in [0, 0.1) is 0 Å². The summed E-state index contributed by atoms with van der Waals surface area (Å²) in [4.78, 5) is 19.6. The average molecular weight is 359 g/mol. The first kappa shape index (κ1) is 16.4. The Morgan fingerprint density at radius 1 is 1.04 bits per heavy atom. The molecule has 0 radical (unpaired) electrons. The molecule has 1 N–H and O–H groups in total. The number of piperazine rings is 1. The van der Waals surface area contributed by atoms with Crippen molar-refractivity contribution >= 4 is 15.7 Å². The van der Waals surface area contributed by atoms with E-state index >= 15 is 0 Å². The predicted octanol–water partition coefficient (Wildman–Crippen LogP) is 1.14. The summed E-state index contributed by atoms with van der Waals surface area (Å²) in [5, 5.41) is 0. The molecule has 2 atom stereocenters. The molecule has 0 saturated carbocycles. The molecule has 1 aromatic heterocycles. The minimum atomic E-state index is -3.14. The first-order valence-corrected chi connectivity index (χ1v) is 10.3. The Morgan fingerprint density at radius 3 is 2.52 bits per heavy atom. The van der Waals surface area contributed by atoms with E-state index in [1.54, 1.807) is 23.2 Å². The van der Waals surface area contributed by atoms with E-state index in [9.17, 15) is 13.2 Å². The molecule has 1 aromatic carbocycles. The number of sulfone groups is 1. The number of carbonyl (C=O) groups excluding carboxylic acids is 1. The van der Waals surface area contributed by atoms with Gasteiger partial charge in [-0.2, -0.15) is 0 Å². The van der Waals surface area contributed by atoms with Crippen LogP contribution in [0.5, 0.6) is 0 Å². The summed E-state index contributed by atoms with van der Waals surface area (Å²) in [6.45, 7) is 1.93. The van der Waals surface area contributed by atoms with Crippen LogP contribution in [0.2, 0.25) is 0 Å². The summed E-state index contributed by atoms with van der Waals surface area (Å²) < 4.78 is 24.6. The van der Waals surface area contributed by atoms with Gasteiger partial charge < -0.3 is 9.88 Å². The van der Waals surface area contributed by atoms with Crippen LogP contribution in [0.3, 0.4) is 0 Å². The number of H-pyrrole nitrogens is 1. The smallest absolute Gasteiger partial charge is 0.270 e. The number of nitrogens with one attached hydrogen (secondary N) is 1. The quantitative estimate of drug-likeness (QED) is 0.892. The van der Waals surface area contributed by atoms with Gasteiger partial charge in [-0.25, -0.2) is 8.42 Å². The van der Waals surface area contributed by atoms with Gasteiger partial charge >= 0.3 is 0 Å². The minimum Gasteiger partial charge on any atom is -0.357 e. The molecule has 1 amide bonds. The van der Waals surface area contributed by atoms with Gasteiger partial charge in [0.05, 0.1) is 17.5 Å². The molecule has 2 saturated heterocycles. The van der Waals surface area contributed by atoms with Crippen LogP contribution in [0.25, 0.3) is 0 Å². The highest BCUT2D eigenvalue weighted by molar-refractivity contribution is 7.91. The molecule has 4 rings (SSSR count). The fourth-order valence-electron chi connectivity index (χ4n) is 3.91. The fourth-order valence-corrected chi connectivity index (χ4v) is 5.92. The van der Waals surface area contributed by atoms with Crippen LogP contribution >= 0.6 is 0 Å². The van der Waals surface area contributed by atoms with Gasteiger partial charge in [-0.05, 0) is 17.7 Å². The molecule has 2 aromatic rings. The lowest BCUT2D eigenvalue weighted by molar-refractivity contribution is 0.0302. The van der Waals surface area contributed by atoms with Gasteiger partial charge in [0.25, 0.3) is 5.91 Å². The van der Waals surface area contributed by atoms with Crippen molar-refractivity contribution in [1.29, 1.82) is 0 Å². The van der Waals surface area contributed by atoms with Crippen LogP contribution in [-0.2, 0) is 16.4 Å². The number of benzene rings is 1. The van der Waals surface area contributed by atoms with Crippen molar-refractivity contribution in [2.75, 3.05) is 24.6 Å². The largest absolute Gasteiger partial charge is 0.357 e. The monoisotopic (exact) mass is 359 g/mol. The molecule has 2 fully saturated rings. The summed E-state index contributed by atoms with van der Waals surface area (Å²) in [6, 6.07) is 13.1. The molecule has 2 aliphatic rings. The number of nitrogens with zero attached hydrogens (tertiary/aromatic N) is 2. The van der Waals surface area contributed by atoms with E-state index < -0.39 is 9.84 Å². The van der Waals surface area contributed by atoms with Gasteiger partial charge in [-0.3, -0.25) is 9.69 Å². The topological polar surface area (TPSA) is 73.5 Å². The molecule has 132 valence electrons. The summed E-state index contributed by atoms with van der Waals surface area (Å²) >= 11 is 0. The molecule has 3 heterocycles. The number of hydrogen-bond donors (Lipinski definition) is 1. The SMILES string of the molecule is O=C(c1ccc[nH]1)N1CCN(Cc2ccccc2)[C@@H]2CS(=O)(=O)C[C@@H]21. The first-order chi connectivity index (χ1) is 12.0. The third-order valence-corrected chi connectivity index (χ3v) is 6.81. The average Bonchev–Trinajstić information content (AvgIpc) is 3.22. The number of fused-ring (bicyclic) bond motifs is 1. The third-order valence-electron chi connectivity index (χ3n) is 5.11. The second-order valence-corrected chi connectivity index (χ2v) is 8.90. The molecule has 0 spiro atoms. The van der Waals surface area contributed by atoms with Crippen molar-refractivity contribution in [3.63, 3.8) is 0 Å². The molecular weight excluding hydrogens is 338 g/mol. The minimum absolute atomic E-state index is 0.0510. The maximum absolute atomic E-state index is 12.8. The van der Waals surface area contributed by atoms with Gasteiger partial charge in [0.2, 0.25) is 0 Å². The van der Waals surface area contributed by atoms with E-state index in [-0.39, 0.29) is 29.5 Å². The van der Waals surface area contributed by atoms with Crippen molar-refractivity contribution in [3.8, 4) is 0 Å². The van der Waals surface area contributed by atoms with Crippen molar-refractivity contribution < 1.29 is 13.2 Å². The van der Waals surface area contributed by atoms with Gasteiger partial charge in [0.15, 0.2) is 9.84 Å². The van der Waals surface area contributed by atoms with Gasteiger partial charge in [0, 0.05) is 31.9 Å². The summed E-state index contributed by atoms with van der Waals surface area (Å²) in [5.74, 6) is 0.0606. The second-order valence-electron chi connectivity index (χ2n) is 6.75. The molecule has 0 unspecified atom stereocenters. The Hall–Kier alpha value is -2.12. The second kappa shape index (κ2) is 6.31. The standard InChI is InChI=1S/C18H21N3O3S/c22-18(15-7-4-8-19-15)21-10-9-20(11-14-5-2-1-3-6-14)16-12-25(23,24)13-17(16)21/h1-8,16-17,19H,9-13H2/t16-,17+/m1/s1. The lowest BCUT2D eigenvalue weighted by atomic mass is 10.0. The van der Waals surface area contributed by atoms with Crippen molar-refractivity contribution in [1.82, 2.24) is 14.8 Å². The normalized spacial score (nSPS) is 25.7. The lowest BCUT2D eigenvalue weighted by Gasteiger charge is -2.43. The number of carbonyl (C=O) groups is 1. The highest BCUT2D eigenvalue weighted by Gasteiger charge is 2.48. The van der Waals surface area contributed by atoms with Gasteiger partial charge in [-0.1, -0.05) is 30.3 Å². The van der Waals surface area contributed by atoms with Crippen molar-refractivity contribution in [2.24, 2.45) is 0 Å². The number of aromatic amines is 1. The zero-order valence-electron chi connectivity index (χ0n) is 13.8. The Bertz CT molecular complexity index is 849. The van der Waals surface area contributed by atoms with Gasteiger partial charge in [0.1, 0.15) is 5.69 Å². The van der Waals surface area contributed by atoms with E-state index in [2.05, 4.69) is 22.0 Å².